The molecule has 1 fully saturated rings. The highest BCUT2D eigenvalue weighted by molar-refractivity contribution is 9.10. The van der Waals surface area contributed by atoms with E-state index < -0.39 is 0 Å². The van der Waals surface area contributed by atoms with Crippen LogP contribution in [0.25, 0.3) is 11.4 Å². The van der Waals surface area contributed by atoms with Crippen molar-refractivity contribution in [3.8, 4) is 11.4 Å². The zero-order valence-corrected chi connectivity index (χ0v) is 11.7. The van der Waals surface area contributed by atoms with Crippen molar-refractivity contribution in [2.45, 2.75) is 19.4 Å². The maximum absolute atomic E-state index is 5.39. The average Bonchev–Trinajstić information content (AvgIpc) is 2.97. The SMILES string of the molecule is Cc1cccc(-c2nn(C3CCOC3)cc2Br)n1. The van der Waals surface area contributed by atoms with Gasteiger partial charge in [0.1, 0.15) is 5.69 Å². The van der Waals surface area contributed by atoms with Crippen molar-refractivity contribution in [3.05, 3.63) is 34.6 Å². The quantitative estimate of drug-likeness (QED) is 0.856. The van der Waals surface area contributed by atoms with E-state index in [0.29, 0.717) is 6.04 Å². The van der Waals surface area contributed by atoms with Crippen molar-refractivity contribution < 1.29 is 4.74 Å². The largest absolute Gasteiger partial charge is 0.379 e. The van der Waals surface area contributed by atoms with Crippen LogP contribution in [0.4, 0.5) is 0 Å². The number of nitrogens with zero attached hydrogens (tertiary/aromatic N) is 3. The Bertz CT molecular complexity index is 561. The zero-order valence-electron chi connectivity index (χ0n) is 10.1. The predicted molar refractivity (Wildman–Crippen MR) is 72.4 cm³/mol. The van der Waals surface area contributed by atoms with E-state index in [-0.39, 0.29) is 0 Å². The van der Waals surface area contributed by atoms with Gasteiger partial charge in [0.25, 0.3) is 0 Å². The predicted octanol–water partition coefficient (Wildman–Crippen LogP) is 2.98. The molecule has 0 amide bonds. The molecule has 1 aliphatic rings. The molecule has 0 bridgehead atoms. The lowest BCUT2D eigenvalue weighted by Gasteiger charge is -2.06. The molecule has 0 N–H and O–H groups in total. The molecule has 0 aromatic carbocycles. The molecule has 0 radical (unpaired) electrons. The maximum Gasteiger partial charge on any atom is 0.125 e. The monoisotopic (exact) mass is 307 g/mol. The minimum Gasteiger partial charge on any atom is -0.379 e. The molecule has 3 rings (SSSR count). The summed E-state index contributed by atoms with van der Waals surface area (Å²) in [6.45, 7) is 3.55. The summed E-state index contributed by atoms with van der Waals surface area (Å²) in [5, 5.41) is 4.63. The molecule has 94 valence electrons. The molecule has 1 atom stereocenters. The highest BCUT2D eigenvalue weighted by atomic mass is 79.9. The van der Waals surface area contributed by atoms with Crippen LogP contribution in [0.3, 0.4) is 0 Å². The highest BCUT2D eigenvalue weighted by Gasteiger charge is 2.20. The Morgan fingerprint density at radius 3 is 3.06 bits per heavy atom. The third-order valence-corrected chi connectivity index (χ3v) is 3.68. The van der Waals surface area contributed by atoms with E-state index in [2.05, 4.69) is 26.0 Å². The van der Waals surface area contributed by atoms with Gasteiger partial charge < -0.3 is 4.74 Å². The minimum absolute atomic E-state index is 0.347. The molecule has 0 saturated carbocycles. The number of rotatable bonds is 2. The molecule has 3 heterocycles. The highest BCUT2D eigenvalue weighted by Crippen LogP contribution is 2.28. The fourth-order valence-corrected chi connectivity index (χ4v) is 2.63. The normalized spacial score (nSPS) is 19.3. The summed E-state index contributed by atoms with van der Waals surface area (Å²) in [4.78, 5) is 4.51. The van der Waals surface area contributed by atoms with Crippen LogP contribution in [0, 0.1) is 6.92 Å². The van der Waals surface area contributed by atoms with Crippen molar-refractivity contribution in [2.75, 3.05) is 13.2 Å². The topological polar surface area (TPSA) is 39.9 Å². The van der Waals surface area contributed by atoms with Crippen LogP contribution in [0.1, 0.15) is 18.2 Å². The number of ether oxygens (including phenoxy) is 1. The van der Waals surface area contributed by atoms with Gasteiger partial charge in [-0.2, -0.15) is 5.10 Å². The molecule has 2 aromatic rings. The Morgan fingerprint density at radius 1 is 1.44 bits per heavy atom. The van der Waals surface area contributed by atoms with Gasteiger partial charge in [0, 0.05) is 18.5 Å². The molecular weight excluding hydrogens is 294 g/mol. The summed E-state index contributed by atoms with van der Waals surface area (Å²) < 4.78 is 8.36. The third-order valence-electron chi connectivity index (χ3n) is 3.10. The summed E-state index contributed by atoms with van der Waals surface area (Å²) in [6.07, 6.45) is 3.04. The van der Waals surface area contributed by atoms with Gasteiger partial charge in [-0.05, 0) is 41.4 Å². The van der Waals surface area contributed by atoms with Gasteiger partial charge in [-0.1, -0.05) is 6.07 Å². The average molecular weight is 308 g/mol. The Morgan fingerprint density at radius 2 is 2.33 bits per heavy atom. The van der Waals surface area contributed by atoms with Crippen molar-refractivity contribution in [3.63, 3.8) is 0 Å². The second kappa shape index (κ2) is 4.82. The van der Waals surface area contributed by atoms with Gasteiger partial charge in [-0.3, -0.25) is 9.67 Å². The first kappa shape index (κ1) is 11.9. The van der Waals surface area contributed by atoms with Crippen molar-refractivity contribution in [1.82, 2.24) is 14.8 Å². The Balaban J connectivity index is 1.97. The van der Waals surface area contributed by atoms with Crippen LogP contribution in [-0.2, 0) is 4.74 Å². The first-order valence-corrected chi connectivity index (χ1v) is 6.80. The Kier molecular flexibility index (Phi) is 3.18. The van der Waals surface area contributed by atoms with Gasteiger partial charge >= 0.3 is 0 Å². The van der Waals surface area contributed by atoms with Gasteiger partial charge in [0.05, 0.1) is 22.8 Å². The third kappa shape index (κ3) is 2.20. The summed E-state index contributed by atoms with van der Waals surface area (Å²) in [5.41, 5.74) is 2.79. The fraction of sp³-hybridized carbons (Fsp3) is 0.385. The first-order chi connectivity index (χ1) is 8.74. The number of pyridine rings is 1. The molecule has 2 aromatic heterocycles. The van der Waals surface area contributed by atoms with E-state index in [4.69, 9.17) is 4.74 Å². The molecule has 1 unspecified atom stereocenters. The number of hydrogen-bond acceptors (Lipinski definition) is 3. The molecule has 4 nitrogen and oxygen atoms in total. The lowest BCUT2D eigenvalue weighted by molar-refractivity contribution is 0.184. The van der Waals surface area contributed by atoms with E-state index in [1.165, 1.54) is 0 Å². The van der Waals surface area contributed by atoms with E-state index in [0.717, 1.165) is 41.2 Å². The maximum atomic E-state index is 5.39. The lowest BCUT2D eigenvalue weighted by atomic mass is 10.2. The van der Waals surface area contributed by atoms with E-state index in [1.54, 1.807) is 0 Å². The molecule has 0 spiro atoms. The van der Waals surface area contributed by atoms with Crippen LogP contribution >= 0.6 is 15.9 Å². The summed E-state index contributed by atoms with van der Waals surface area (Å²) in [7, 11) is 0. The number of hydrogen-bond donors (Lipinski definition) is 0. The van der Waals surface area contributed by atoms with Gasteiger partial charge in [0.15, 0.2) is 0 Å². The Hall–Kier alpha value is -1.20. The molecule has 18 heavy (non-hydrogen) atoms. The van der Waals surface area contributed by atoms with Gasteiger partial charge in [-0.25, -0.2) is 0 Å². The molecular formula is C13H14BrN3O. The lowest BCUT2D eigenvalue weighted by Crippen LogP contribution is -2.09. The zero-order chi connectivity index (χ0) is 12.5. The van der Waals surface area contributed by atoms with E-state index in [1.807, 2.05) is 36.0 Å². The number of aromatic nitrogens is 3. The van der Waals surface area contributed by atoms with Crippen molar-refractivity contribution in [1.29, 1.82) is 0 Å². The number of halogens is 1. The van der Waals surface area contributed by atoms with Crippen LogP contribution in [0.2, 0.25) is 0 Å². The summed E-state index contributed by atoms with van der Waals surface area (Å²) >= 11 is 3.56. The van der Waals surface area contributed by atoms with E-state index in [9.17, 15) is 0 Å². The van der Waals surface area contributed by atoms with E-state index >= 15 is 0 Å². The molecule has 1 aliphatic heterocycles. The van der Waals surface area contributed by atoms with Crippen LogP contribution in [-0.4, -0.2) is 28.0 Å². The number of aryl methyl sites for hydroxylation is 1. The fourth-order valence-electron chi connectivity index (χ4n) is 2.14. The summed E-state index contributed by atoms with van der Waals surface area (Å²) in [5.74, 6) is 0. The van der Waals surface area contributed by atoms with Crippen LogP contribution in [0.15, 0.2) is 28.9 Å². The molecule has 1 saturated heterocycles. The first-order valence-electron chi connectivity index (χ1n) is 6.00. The second-order valence-electron chi connectivity index (χ2n) is 4.49. The second-order valence-corrected chi connectivity index (χ2v) is 5.34. The standard InChI is InChI=1S/C13H14BrN3O/c1-9-3-2-4-12(15-9)13-11(14)7-17(16-13)10-5-6-18-8-10/h2-4,7,10H,5-6,8H2,1H3. The van der Waals surface area contributed by atoms with Crippen molar-refractivity contribution in [2.24, 2.45) is 0 Å². The smallest absolute Gasteiger partial charge is 0.125 e. The minimum atomic E-state index is 0.347. The summed E-state index contributed by atoms with van der Waals surface area (Å²) in [6, 6.07) is 6.32. The molecule has 5 heteroatoms. The van der Waals surface area contributed by atoms with Crippen LogP contribution < -0.4 is 0 Å². The van der Waals surface area contributed by atoms with Crippen LogP contribution in [0.5, 0.6) is 0 Å². The Labute approximate surface area is 114 Å². The van der Waals surface area contributed by atoms with Crippen molar-refractivity contribution >= 4 is 15.9 Å². The van der Waals surface area contributed by atoms with Gasteiger partial charge in [-0.15, -0.1) is 0 Å². The molecule has 0 aliphatic carbocycles. The van der Waals surface area contributed by atoms with Gasteiger partial charge in [0.2, 0.25) is 0 Å².